The minimum atomic E-state index is 0.560. The van der Waals surface area contributed by atoms with Crippen LogP contribution in [0.15, 0.2) is 41.0 Å². The van der Waals surface area contributed by atoms with Gasteiger partial charge in [0.05, 0.1) is 5.69 Å². The molecule has 0 saturated heterocycles. The topological polar surface area (TPSA) is 25.8 Å². The summed E-state index contributed by atoms with van der Waals surface area (Å²) in [6.45, 7) is 4.38. The first-order chi connectivity index (χ1) is 7.66. The number of hydrogen-bond acceptors (Lipinski definition) is 2. The summed E-state index contributed by atoms with van der Waals surface area (Å²) in [6.07, 6.45) is 0. The van der Waals surface area contributed by atoms with Crippen molar-refractivity contribution in [2.24, 2.45) is 0 Å². The van der Waals surface area contributed by atoms with Gasteiger partial charge in [0.1, 0.15) is 4.60 Å². The van der Waals surface area contributed by atoms with Crippen LogP contribution in [0.1, 0.15) is 25.3 Å². The average Bonchev–Trinajstić information content (AvgIpc) is 2.30. The second kappa shape index (κ2) is 4.74. The minimum Gasteiger partial charge on any atom is -0.149 e. The maximum Gasteiger partial charge on any atom is 0.128 e. The van der Waals surface area contributed by atoms with E-state index in [9.17, 15) is 0 Å². The maximum atomic E-state index is 4.13. The summed E-state index contributed by atoms with van der Waals surface area (Å²) in [7, 11) is 0. The third-order valence-electron chi connectivity index (χ3n) is 2.51. The van der Waals surface area contributed by atoms with Crippen LogP contribution in [0.4, 0.5) is 0 Å². The van der Waals surface area contributed by atoms with Crippen molar-refractivity contribution in [2.75, 3.05) is 0 Å². The molecule has 0 amide bonds. The first kappa shape index (κ1) is 11.3. The Bertz CT molecular complexity index is 460. The number of hydrogen-bond donors (Lipinski definition) is 0. The van der Waals surface area contributed by atoms with Crippen LogP contribution < -0.4 is 0 Å². The molecule has 82 valence electrons. The van der Waals surface area contributed by atoms with E-state index in [0.717, 1.165) is 15.9 Å². The molecule has 0 N–H and O–H groups in total. The number of nitrogens with zero attached hydrogens (tertiary/aromatic N) is 2. The Hall–Kier alpha value is -1.22. The molecule has 0 atom stereocenters. The molecule has 2 rings (SSSR count). The van der Waals surface area contributed by atoms with Crippen molar-refractivity contribution < 1.29 is 0 Å². The van der Waals surface area contributed by atoms with Gasteiger partial charge in [-0.2, -0.15) is 0 Å². The molecule has 2 nitrogen and oxygen atoms in total. The molecular weight excluding hydrogens is 264 g/mol. The lowest BCUT2D eigenvalue weighted by Crippen LogP contribution is -1.89. The first-order valence-corrected chi connectivity index (χ1v) is 6.05. The van der Waals surface area contributed by atoms with Gasteiger partial charge < -0.3 is 0 Å². The van der Waals surface area contributed by atoms with E-state index in [-0.39, 0.29) is 0 Å². The quantitative estimate of drug-likeness (QED) is 0.828. The Kier molecular flexibility index (Phi) is 3.34. The van der Waals surface area contributed by atoms with E-state index in [1.165, 1.54) is 5.56 Å². The molecule has 0 spiro atoms. The third-order valence-corrected chi connectivity index (χ3v) is 2.93. The summed E-state index contributed by atoms with van der Waals surface area (Å²) in [5.74, 6) is 0.560. The van der Waals surface area contributed by atoms with Crippen molar-refractivity contribution in [3.8, 4) is 11.3 Å². The van der Waals surface area contributed by atoms with Gasteiger partial charge in [-0.15, -0.1) is 10.2 Å². The molecule has 0 aliphatic carbocycles. The Balaban J connectivity index is 2.31. The highest BCUT2D eigenvalue weighted by Gasteiger charge is 2.02. The maximum absolute atomic E-state index is 4.13. The van der Waals surface area contributed by atoms with Crippen LogP contribution in [0.3, 0.4) is 0 Å². The van der Waals surface area contributed by atoms with Gasteiger partial charge in [-0.3, -0.25) is 0 Å². The first-order valence-electron chi connectivity index (χ1n) is 5.26. The third kappa shape index (κ3) is 2.47. The minimum absolute atomic E-state index is 0.560. The molecule has 0 bridgehead atoms. The van der Waals surface area contributed by atoms with Crippen LogP contribution in [0.25, 0.3) is 11.3 Å². The van der Waals surface area contributed by atoms with E-state index >= 15 is 0 Å². The van der Waals surface area contributed by atoms with Gasteiger partial charge in [-0.25, -0.2) is 0 Å². The predicted molar refractivity (Wildman–Crippen MR) is 69.3 cm³/mol. The second-order valence-electron chi connectivity index (χ2n) is 4.02. The summed E-state index contributed by atoms with van der Waals surface area (Å²) in [5.41, 5.74) is 3.34. The van der Waals surface area contributed by atoms with E-state index in [2.05, 4.69) is 64.2 Å². The van der Waals surface area contributed by atoms with Gasteiger partial charge in [-0.05, 0) is 39.5 Å². The van der Waals surface area contributed by atoms with Crippen molar-refractivity contribution in [2.45, 2.75) is 19.8 Å². The lowest BCUT2D eigenvalue weighted by Gasteiger charge is -2.06. The molecule has 0 fully saturated rings. The van der Waals surface area contributed by atoms with Gasteiger partial charge in [0, 0.05) is 5.56 Å². The predicted octanol–water partition coefficient (Wildman–Crippen LogP) is 4.03. The fourth-order valence-corrected chi connectivity index (χ4v) is 1.72. The lowest BCUT2D eigenvalue weighted by molar-refractivity contribution is 0.867. The summed E-state index contributed by atoms with van der Waals surface area (Å²) in [5, 5.41) is 8.11. The zero-order valence-electron chi connectivity index (χ0n) is 9.31. The highest BCUT2D eigenvalue weighted by Crippen LogP contribution is 2.21. The van der Waals surface area contributed by atoms with Gasteiger partial charge in [0.25, 0.3) is 0 Å². The van der Waals surface area contributed by atoms with Crippen LogP contribution in [0.5, 0.6) is 0 Å². The Labute approximate surface area is 104 Å². The smallest absolute Gasteiger partial charge is 0.128 e. The molecule has 16 heavy (non-hydrogen) atoms. The Morgan fingerprint density at radius 2 is 1.62 bits per heavy atom. The summed E-state index contributed by atoms with van der Waals surface area (Å²) in [6, 6.07) is 12.3. The summed E-state index contributed by atoms with van der Waals surface area (Å²) in [4.78, 5) is 0. The van der Waals surface area contributed by atoms with Crippen molar-refractivity contribution in [3.05, 3.63) is 46.6 Å². The highest BCUT2D eigenvalue weighted by atomic mass is 79.9. The molecular formula is C13H13BrN2. The molecule has 3 heteroatoms. The number of halogens is 1. The molecule has 2 aromatic rings. The highest BCUT2D eigenvalue weighted by molar-refractivity contribution is 9.10. The standard InChI is InChI=1S/C13H13BrN2/c1-9(2)10-3-5-11(6-4-10)12-7-8-13(14)16-15-12/h3-9H,1-2H3. The van der Waals surface area contributed by atoms with Gasteiger partial charge >= 0.3 is 0 Å². The van der Waals surface area contributed by atoms with Gasteiger partial charge in [0.2, 0.25) is 0 Å². The summed E-state index contributed by atoms with van der Waals surface area (Å²) < 4.78 is 0.759. The van der Waals surface area contributed by atoms with Crippen LogP contribution in [0.2, 0.25) is 0 Å². The van der Waals surface area contributed by atoms with E-state index < -0.39 is 0 Å². The van der Waals surface area contributed by atoms with E-state index in [1.54, 1.807) is 0 Å². The molecule has 0 aliphatic rings. The monoisotopic (exact) mass is 276 g/mol. The van der Waals surface area contributed by atoms with Crippen LogP contribution in [-0.4, -0.2) is 10.2 Å². The molecule has 0 unspecified atom stereocenters. The number of benzene rings is 1. The van der Waals surface area contributed by atoms with Crippen molar-refractivity contribution in [1.82, 2.24) is 10.2 Å². The summed E-state index contributed by atoms with van der Waals surface area (Å²) >= 11 is 3.28. The van der Waals surface area contributed by atoms with Crippen LogP contribution in [0, 0.1) is 0 Å². The fourth-order valence-electron chi connectivity index (χ4n) is 1.51. The van der Waals surface area contributed by atoms with Gasteiger partial charge in [-0.1, -0.05) is 38.1 Å². The number of rotatable bonds is 2. The lowest BCUT2D eigenvalue weighted by atomic mass is 10.0. The normalized spacial score (nSPS) is 10.8. The van der Waals surface area contributed by atoms with E-state index in [0.29, 0.717) is 5.92 Å². The van der Waals surface area contributed by atoms with Crippen molar-refractivity contribution in [1.29, 1.82) is 0 Å². The van der Waals surface area contributed by atoms with Crippen molar-refractivity contribution >= 4 is 15.9 Å². The van der Waals surface area contributed by atoms with Crippen LogP contribution >= 0.6 is 15.9 Å². The Morgan fingerprint density at radius 3 is 2.12 bits per heavy atom. The molecule has 1 aromatic heterocycles. The molecule has 1 aromatic carbocycles. The van der Waals surface area contributed by atoms with E-state index in [4.69, 9.17) is 0 Å². The molecule has 0 saturated carbocycles. The zero-order chi connectivity index (χ0) is 11.5. The average molecular weight is 277 g/mol. The second-order valence-corrected chi connectivity index (χ2v) is 4.83. The molecule has 0 radical (unpaired) electrons. The largest absolute Gasteiger partial charge is 0.149 e. The van der Waals surface area contributed by atoms with Gasteiger partial charge in [0.15, 0.2) is 0 Å². The zero-order valence-corrected chi connectivity index (χ0v) is 10.9. The Morgan fingerprint density at radius 1 is 0.938 bits per heavy atom. The molecule has 1 heterocycles. The van der Waals surface area contributed by atoms with E-state index in [1.807, 2.05) is 12.1 Å². The fraction of sp³-hybridized carbons (Fsp3) is 0.231. The number of aromatic nitrogens is 2. The van der Waals surface area contributed by atoms with Crippen molar-refractivity contribution in [3.63, 3.8) is 0 Å². The van der Waals surface area contributed by atoms with Crippen LogP contribution in [-0.2, 0) is 0 Å². The SMILES string of the molecule is CC(C)c1ccc(-c2ccc(Br)nn2)cc1. The molecule has 0 aliphatic heterocycles.